The number of nitrogens with two attached hydrogens (primary N) is 2. The number of nitrogen functional groups attached to an aromatic ring is 1. The Hall–Kier alpha value is -1.78. The summed E-state index contributed by atoms with van der Waals surface area (Å²) in [5.74, 6) is 0.171. The maximum absolute atomic E-state index is 11.1. The van der Waals surface area contributed by atoms with E-state index in [-0.39, 0.29) is 5.69 Å². The number of primary amides is 1. The first kappa shape index (κ1) is 11.7. The number of carbonyl (C=O) groups excluding carboxylic acids is 1. The second-order valence-corrected chi connectivity index (χ2v) is 4.51. The van der Waals surface area contributed by atoms with E-state index in [2.05, 4.69) is 16.8 Å². The lowest BCUT2D eigenvalue weighted by atomic mass is 10.0. The zero-order valence-electron chi connectivity index (χ0n) is 10.0. The maximum atomic E-state index is 11.1. The molecule has 1 aliphatic rings. The van der Waals surface area contributed by atoms with E-state index in [1.807, 2.05) is 0 Å². The fourth-order valence-corrected chi connectivity index (χ4v) is 2.24. The zero-order chi connectivity index (χ0) is 12.4. The van der Waals surface area contributed by atoms with Gasteiger partial charge in [-0.05, 0) is 38.3 Å². The van der Waals surface area contributed by atoms with Gasteiger partial charge >= 0.3 is 0 Å². The molecule has 4 N–H and O–H groups in total. The summed E-state index contributed by atoms with van der Waals surface area (Å²) in [4.78, 5) is 17.6. The van der Waals surface area contributed by atoms with E-state index in [0.29, 0.717) is 17.5 Å². The van der Waals surface area contributed by atoms with E-state index in [4.69, 9.17) is 11.5 Å². The highest BCUT2D eigenvalue weighted by molar-refractivity contribution is 5.91. The first-order valence-electron chi connectivity index (χ1n) is 5.92. The van der Waals surface area contributed by atoms with Crippen LogP contribution in [0.1, 0.15) is 36.7 Å². The number of anilines is 2. The molecular formula is C12H18N4O. The number of amides is 1. The summed E-state index contributed by atoms with van der Waals surface area (Å²) in [6.07, 6.45) is 3.49. The summed E-state index contributed by atoms with van der Waals surface area (Å²) < 4.78 is 0. The molecule has 0 aromatic carbocycles. The van der Waals surface area contributed by atoms with E-state index >= 15 is 0 Å². The fourth-order valence-electron chi connectivity index (χ4n) is 2.24. The minimum Gasteiger partial charge on any atom is -0.396 e. The third kappa shape index (κ3) is 2.33. The molecule has 5 nitrogen and oxygen atoms in total. The van der Waals surface area contributed by atoms with Gasteiger partial charge in [-0.25, -0.2) is 4.98 Å². The number of pyridine rings is 1. The molecule has 0 bridgehead atoms. The summed E-state index contributed by atoms with van der Waals surface area (Å²) in [5, 5.41) is 0. The second-order valence-electron chi connectivity index (χ2n) is 4.51. The molecule has 2 rings (SSSR count). The Morgan fingerprint density at radius 2 is 2.24 bits per heavy atom. The van der Waals surface area contributed by atoms with Crippen LogP contribution in [-0.2, 0) is 0 Å². The van der Waals surface area contributed by atoms with Gasteiger partial charge in [0, 0.05) is 12.6 Å². The minimum absolute atomic E-state index is 0.270. The highest BCUT2D eigenvalue weighted by atomic mass is 16.1. The Balaban J connectivity index is 2.35. The lowest BCUT2D eigenvalue weighted by Gasteiger charge is -2.35. The Bertz CT molecular complexity index is 433. The predicted molar refractivity (Wildman–Crippen MR) is 67.8 cm³/mol. The van der Waals surface area contributed by atoms with E-state index in [9.17, 15) is 4.79 Å². The van der Waals surface area contributed by atoms with Crippen LogP contribution in [0.4, 0.5) is 11.5 Å². The highest BCUT2D eigenvalue weighted by Crippen LogP contribution is 2.27. The van der Waals surface area contributed by atoms with E-state index in [0.717, 1.165) is 19.4 Å². The first-order chi connectivity index (χ1) is 8.09. The van der Waals surface area contributed by atoms with Crippen molar-refractivity contribution in [3.8, 4) is 0 Å². The monoisotopic (exact) mass is 234 g/mol. The van der Waals surface area contributed by atoms with Crippen molar-refractivity contribution in [3.05, 3.63) is 17.8 Å². The Morgan fingerprint density at radius 3 is 2.88 bits per heavy atom. The number of carbonyl (C=O) groups is 1. The quantitative estimate of drug-likeness (QED) is 0.803. The molecule has 0 aliphatic carbocycles. The number of hydrogen-bond donors (Lipinski definition) is 2. The molecule has 0 spiro atoms. The summed E-state index contributed by atoms with van der Waals surface area (Å²) >= 11 is 0. The van der Waals surface area contributed by atoms with Crippen LogP contribution in [0.25, 0.3) is 0 Å². The summed E-state index contributed by atoms with van der Waals surface area (Å²) in [6.45, 7) is 3.08. The van der Waals surface area contributed by atoms with Crippen molar-refractivity contribution in [2.45, 2.75) is 32.2 Å². The van der Waals surface area contributed by atoms with E-state index < -0.39 is 5.91 Å². The largest absolute Gasteiger partial charge is 0.396 e. The molecule has 5 heteroatoms. The summed E-state index contributed by atoms with van der Waals surface area (Å²) in [7, 11) is 0. The molecule has 1 saturated heterocycles. The SMILES string of the molecule is CC1CCCCN1c1nc(C(N)=O)ccc1N. The summed E-state index contributed by atoms with van der Waals surface area (Å²) in [6, 6.07) is 3.67. The lowest BCUT2D eigenvalue weighted by molar-refractivity contribution is 0.0995. The van der Waals surface area contributed by atoms with Gasteiger partial charge in [0.15, 0.2) is 5.82 Å². The van der Waals surface area contributed by atoms with Crippen molar-refractivity contribution < 1.29 is 4.79 Å². The molecule has 1 aliphatic heterocycles. The fraction of sp³-hybridized carbons (Fsp3) is 0.500. The molecule has 0 radical (unpaired) electrons. The molecule has 17 heavy (non-hydrogen) atoms. The highest BCUT2D eigenvalue weighted by Gasteiger charge is 2.22. The van der Waals surface area contributed by atoms with E-state index in [1.165, 1.54) is 6.42 Å². The van der Waals surface area contributed by atoms with Crippen LogP contribution in [0, 0.1) is 0 Å². The Kier molecular flexibility index (Phi) is 3.17. The predicted octanol–water partition coefficient (Wildman–Crippen LogP) is 1.14. The molecule has 1 aromatic heterocycles. The third-order valence-corrected chi connectivity index (χ3v) is 3.23. The maximum Gasteiger partial charge on any atom is 0.267 e. The molecular weight excluding hydrogens is 216 g/mol. The number of rotatable bonds is 2. The van der Waals surface area contributed by atoms with Gasteiger partial charge in [-0.1, -0.05) is 0 Å². The van der Waals surface area contributed by atoms with Gasteiger partial charge in [-0.3, -0.25) is 4.79 Å². The molecule has 1 unspecified atom stereocenters. The van der Waals surface area contributed by atoms with Crippen molar-refractivity contribution in [1.29, 1.82) is 0 Å². The lowest BCUT2D eigenvalue weighted by Crippen LogP contribution is -2.38. The van der Waals surface area contributed by atoms with Gasteiger partial charge < -0.3 is 16.4 Å². The number of nitrogens with zero attached hydrogens (tertiary/aromatic N) is 2. The van der Waals surface area contributed by atoms with Crippen LogP contribution in [0.3, 0.4) is 0 Å². The van der Waals surface area contributed by atoms with Gasteiger partial charge in [0.05, 0.1) is 5.69 Å². The van der Waals surface area contributed by atoms with Crippen LogP contribution >= 0.6 is 0 Å². The van der Waals surface area contributed by atoms with Crippen molar-refractivity contribution in [1.82, 2.24) is 4.98 Å². The molecule has 92 valence electrons. The normalized spacial score (nSPS) is 20.3. The molecule has 1 aromatic rings. The Labute approximate surface area is 101 Å². The van der Waals surface area contributed by atoms with Crippen LogP contribution in [-0.4, -0.2) is 23.5 Å². The third-order valence-electron chi connectivity index (χ3n) is 3.23. The van der Waals surface area contributed by atoms with Gasteiger partial charge in [-0.15, -0.1) is 0 Å². The van der Waals surface area contributed by atoms with Crippen molar-refractivity contribution in [3.63, 3.8) is 0 Å². The molecule has 0 saturated carbocycles. The minimum atomic E-state index is -0.518. The van der Waals surface area contributed by atoms with Crippen LogP contribution in [0.2, 0.25) is 0 Å². The summed E-state index contributed by atoms with van der Waals surface area (Å²) in [5.41, 5.74) is 12.0. The van der Waals surface area contributed by atoms with Gasteiger partial charge in [0.1, 0.15) is 5.69 Å². The van der Waals surface area contributed by atoms with Crippen molar-refractivity contribution in [2.75, 3.05) is 17.2 Å². The molecule has 2 heterocycles. The standard InChI is InChI=1S/C12H18N4O/c1-8-4-2-3-7-16(8)12-9(13)5-6-10(15-12)11(14)17/h5-6,8H,2-4,7,13H2,1H3,(H2,14,17). The van der Waals surface area contributed by atoms with Gasteiger partial charge in [-0.2, -0.15) is 0 Å². The van der Waals surface area contributed by atoms with Gasteiger partial charge in [0.25, 0.3) is 5.91 Å². The zero-order valence-corrected chi connectivity index (χ0v) is 10.0. The Morgan fingerprint density at radius 1 is 1.47 bits per heavy atom. The van der Waals surface area contributed by atoms with Crippen LogP contribution < -0.4 is 16.4 Å². The van der Waals surface area contributed by atoms with Crippen molar-refractivity contribution >= 4 is 17.4 Å². The molecule has 1 amide bonds. The van der Waals surface area contributed by atoms with E-state index in [1.54, 1.807) is 12.1 Å². The second kappa shape index (κ2) is 4.61. The van der Waals surface area contributed by atoms with Crippen molar-refractivity contribution in [2.24, 2.45) is 5.73 Å². The smallest absolute Gasteiger partial charge is 0.267 e. The van der Waals surface area contributed by atoms with Crippen LogP contribution in [0.5, 0.6) is 0 Å². The van der Waals surface area contributed by atoms with Gasteiger partial charge in [0.2, 0.25) is 0 Å². The number of hydrogen-bond acceptors (Lipinski definition) is 4. The van der Waals surface area contributed by atoms with Crippen LogP contribution in [0.15, 0.2) is 12.1 Å². The number of aromatic nitrogens is 1. The molecule has 1 atom stereocenters. The first-order valence-corrected chi connectivity index (χ1v) is 5.92. The average Bonchev–Trinajstić information content (AvgIpc) is 2.30. The topological polar surface area (TPSA) is 85.2 Å². The number of piperidine rings is 1. The molecule has 1 fully saturated rings. The average molecular weight is 234 g/mol.